The van der Waals surface area contributed by atoms with Crippen molar-refractivity contribution in [2.24, 2.45) is 0 Å². The summed E-state index contributed by atoms with van der Waals surface area (Å²) in [6.07, 6.45) is 6.76. The van der Waals surface area contributed by atoms with E-state index in [2.05, 4.69) is 43.9 Å². The molecule has 6 nitrogen and oxygen atoms in total. The van der Waals surface area contributed by atoms with Crippen LogP contribution in [-0.4, -0.2) is 45.8 Å². The number of piperidine rings is 1. The van der Waals surface area contributed by atoms with E-state index >= 15 is 0 Å². The molecule has 2 unspecified atom stereocenters. The van der Waals surface area contributed by atoms with Crippen LogP contribution in [0.2, 0.25) is 0 Å². The van der Waals surface area contributed by atoms with Crippen molar-refractivity contribution in [1.29, 1.82) is 0 Å². The molecule has 6 heteroatoms. The van der Waals surface area contributed by atoms with Crippen LogP contribution in [0.4, 0.5) is 0 Å². The molecule has 168 valence electrons. The number of aryl methyl sites for hydroxylation is 1. The molecule has 2 aliphatic heterocycles. The molecule has 0 N–H and O–H groups in total. The number of carbonyl (C=O) groups excluding carboxylic acids is 1. The van der Waals surface area contributed by atoms with E-state index in [1.54, 1.807) is 7.11 Å². The summed E-state index contributed by atoms with van der Waals surface area (Å²) in [6.45, 7) is 4.61. The van der Waals surface area contributed by atoms with Crippen LogP contribution in [0.15, 0.2) is 36.4 Å². The van der Waals surface area contributed by atoms with E-state index < -0.39 is 0 Å². The van der Waals surface area contributed by atoms with Gasteiger partial charge in [0.2, 0.25) is 5.91 Å². The number of aromatic nitrogens is 3. The van der Waals surface area contributed by atoms with Gasteiger partial charge < -0.3 is 14.2 Å². The van der Waals surface area contributed by atoms with E-state index in [0.717, 1.165) is 72.6 Å². The summed E-state index contributed by atoms with van der Waals surface area (Å²) in [5.41, 5.74) is 1.06. The summed E-state index contributed by atoms with van der Waals surface area (Å²) in [5.74, 6) is 3.38. The molecule has 2 aliphatic rings. The topological polar surface area (TPSA) is 60.2 Å². The molecule has 3 aromatic rings. The van der Waals surface area contributed by atoms with Crippen LogP contribution in [0.3, 0.4) is 0 Å². The Morgan fingerprint density at radius 2 is 1.88 bits per heavy atom. The monoisotopic (exact) mass is 432 g/mol. The van der Waals surface area contributed by atoms with Gasteiger partial charge in [0.15, 0.2) is 0 Å². The Morgan fingerprint density at radius 1 is 1.03 bits per heavy atom. The fourth-order valence-electron chi connectivity index (χ4n) is 5.25. The molecule has 1 aromatic heterocycles. The third kappa shape index (κ3) is 3.98. The lowest BCUT2D eigenvalue weighted by Crippen LogP contribution is -2.41. The lowest BCUT2D eigenvalue weighted by molar-refractivity contribution is -0.133. The molecule has 3 heterocycles. The number of amides is 1. The van der Waals surface area contributed by atoms with Crippen LogP contribution < -0.4 is 4.74 Å². The molecule has 0 saturated carbocycles. The fraction of sp³-hybridized carbons (Fsp3) is 0.500. The maximum absolute atomic E-state index is 13.5. The summed E-state index contributed by atoms with van der Waals surface area (Å²) in [6, 6.07) is 12.4. The molecule has 0 aliphatic carbocycles. The van der Waals surface area contributed by atoms with E-state index in [1.165, 1.54) is 19.3 Å². The number of hydrogen-bond donors (Lipinski definition) is 0. The molecule has 32 heavy (non-hydrogen) atoms. The highest BCUT2D eigenvalue weighted by Gasteiger charge is 2.31. The zero-order chi connectivity index (χ0) is 22.1. The Hall–Kier alpha value is -2.89. The number of benzene rings is 2. The second-order valence-corrected chi connectivity index (χ2v) is 9.25. The highest BCUT2D eigenvalue weighted by Crippen LogP contribution is 2.31. The highest BCUT2D eigenvalue weighted by molar-refractivity contribution is 5.88. The average molecular weight is 433 g/mol. The van der Waals surface area contributed by atoms with Gasteiger partial charge in [0.1, 0.15) is 17.4 Å². The normalized spacial score (nSPS) is 19.9. The molecule has 1 amide bonds. The number of likely N-dealkylation sites (tertiary alicyclic amines) is 1. The van der Waals surface area contributed by atoms with Crippen molar-refractivity contribution in [3.8, 4) is 5.75 Å². The van der Waals surface area contributed by atoms with Gasteiger partial charge in [0.05, 0.1) is 13.0 Å². The number of ether oxygens (including phenoxy) is 1. The Balaban J connectivity index is 1.33. The maximum Gasteiger partial charge on any atom is 0.229 e. The SMILES string of the molecule is COc1ccc2cc(C(C)C(=O)N3CCCC(c4nnc5n4CCCCC5)C3)ccc2c1. The Morgan fingerprint density at radius 3 is 2.75 bits per heavy atom. The molecule has 1 fully saturated rings. The van der Waals surface area contributed by atoms with E-state index in [9.17, 15) is 4.79 Å². The Kier molecular flexibility index (Phi) is 5.85. The predicted octanol–water partition coefficient (Wildman–Crippen LogP) is 4.68. The summed E-state index contributed by atoms with van der Waals surface area (Å²) in [4.78, 5) is 15.5. The zero-order valence-electron chi connectivity index (χ0n) is 19.1. The minimum Gasteiger partial charge on any atom is -0.497 e. The van der Waals surface area contributed by atoms with Crippen molar-refractivity contribution in [3.63, 3.8) is 0 Å². The van der Waals surface area contributed by atoms with Crippen LogP contribution in [0, 0.1) is 0 Å². The summed E-state index contributed by atoms with van der Waals surface area (Å²) in [7, 11) is 1.68. The number of fused-ring (bicyclic) bond motifs is 2. The van der Waals surface area contributed by atoms with Gasteiger partial charge in [-0.1, -0.05) is 30.7 Å². The number of nitrogens with zero attached hydrogens (tertiary/aromatic N) is 4. The van der Waals surface area contributed by atoms with Gasteiger partial charge in [-0.2, -0.15) is 0 Å². The van der Waals surface area contributed by atoms with Gasteiger partial charge in [0.25, 0.3) is 0 Å². The first-order valence-corrected chi connectivity index (χ1v) is 11.9. The largest absolute Gasteiger partial charge is 0.497 e. The van der Waals surface area contributed by atoms with Crippen LogP contribution in [-0.2, 0) is 17.8 Å². The molecule has 0 spiro atoms. The molecule has 1 saturated heterocycles. The molecule has 0 bridgehead atoms. The van der Waals surface area contributed by atoms with Gasteiger partial charge in [-0.05, 0) is 61.1 Å². The first kappa shape index (κ1) is 21.0. The van der Waals surface area contributed by atoms with Gasteiger partial charge in [0, 0.05) is 32.0 Å². The molecule has 0 radical (unpaired) electrons. The number of rotatable bonds is 4. The molecule has 5 rings (SSSR count). The van der Waals surface area contributed by atoms with Crippen LogP contribution in [0.1, 0.15) is 68.1 Å². The molecule has 2 atom stereocenters. The smallest absolute Gasteiger partial charge is 0.229 e. The average Bonchev–Trinajstić information content (AvgIpc) is 3.10. The summed E-state index contributed by atoms with van der Waals surface area (Å²) in [5, 5.41) is 11.3. The lowest BCUT2D eigenvalue weighted by Gasteiger charge is -2.34. The van der Waals surface area contributed by atoms with Gasteiger partial charge >= 0.3 is 0 Å². The van der Waals surface area contributed by atoms with Gasteiger partial charge in [-0.15, -0.1) is 10.2 Å². The Labute approximate surface area is 189 Å². The minimum atomic E-state index is -0.171. The van der Waals surface area contributed by atoms with Crippen molar-refractivity contribution in [1.82, 2.24) is 19.7 Å². The fourth-order valence-corrected chi connectivity index (χ4v) is 5.25. The van der Waals surface area contributed by atoms with E-state index in [-0.39, 0.29) is 17.7 Å². The molecule has 2 aromatic carbocycles. The quantitative estimate of drug-likeness (QED) is 0.601. The number of hydrogen-bond acceptors (Lipinski definition) is 4. The van der Waals surface area contributed by atoms with Gasteiger partial charge in [-0.25, -0.2) is 0 Å². The van der Waals surface area contributed by atoms with Gasteiger partial charge in [-0.3, -0.25) is 4.79 Å². The first-order valence-electron chi connectivity index (χ1n) is 11.9. The standard InChI is InChI=1S/C26H32N4O2/c1-18(19-9-10-21-16-23(32-2)12-11-20(21)15-19)26(31)29-13-6-7-22(17-29)25-28-27-24-8-4-3-5-14-30(24)25/h9-12,15-16,18,22H,3-8,13-14,17H2,1-2H3. The van der Waals surface area contributed by atoms with E-state index in [1.807, 2.05) is 19.1 Å². The second kappa shape index (κ2) is 8.93. The third-order valence-electron chi connectivity index (χ3n) is 7.18. The van der Waals surface area contributed by atoms with Crippen molar-refractivity contribution in [2.45, 2.75) is 63.8 Å². The van der Waals surface area contributed by atoms with E-state index in [4.69, 9.17) is 4.74 Å². The number of methoxy groups -OCH3 is 1. The van der Waals surface area contributed by atoms with Crippen LogP contribution >= 0.6 is 0 Å². The van der Waals surface area contributed by atoms with Crippen LogP contribution in [0.25, 0.3) is 10.8 Å². The predicted molar refractivity (Wildman–Crippen MR) is 125 cm³/mol. The first-order chi connectivity index (χ1) is 15.6. The van der Waals surface area contributed by atoms with Crippen molar-refractivity contribution in [2.75, 3.05) is 20.2 Å². The maximum atomic E-state index is 13.5. The van der Waals surface area contributed by atoms with E-state index in [0.29, 0.717) is 0 Å². The summed E-state index contributed by atoms with van der Waals surface area (Å²) >= 11 is 0. The molecular formula is C26H32N4O2. The third-order valence-corrected chi connectivity index (χ3v) is 7.18. The van der Waals surface area contributed by atoms with Crippen LogP contribution in [0.5, 0.6) is 5.75 Å². The minimum absolute atomic E-state index is 0.171. The summed E-state index contributed by atoms with van der Waals surface area (Å²) < 4.78 is 7.67. The van der Waals surface area contributed by atoms with Crippen molar-refractivity contribution < 1.29 is 9.53 Å². The molecular weight excluding hydrogens is 400 g/mol. The van der Waals surface area contributed by atoms with Crippen molar-refractivity contribution >= 4 is 16.7 Å². The Bertz CT molecular complexity index is 1120. The zero-order valence-corrected chi connectivity index (χ0v) is 19.1. The van der Waals surface area contributed by atoms with Crippen molar-refractivity contribution in [3.05, 3.63) is 53.6 Å². The second-order valence-electron chi connectivity index (χ2n) is 9.25. The highest BCUT2D eigenvalue weighted by atomic mass is 16.5. The number of carbonyl (C=O) groups is 1. The lowest BCUT2D eigenvalue weighted by atomic mass is 9.93.